The monoisotopic (exact) mass is 355 g/mol. The summed E-state index contributed by atoms with van der Waals surface area (Å²) < 4.78 is 62.6. The maximum absolute atomic E-state index is 12.7. The maximum Gasteiger partial charge on any atom is 0.433 e. The minimum Gasteiger partial charge on any atom is -0.337 e. The van der Waals surface area contributed by atoms with Gasteiger partial charge in [0.25, 0.3) is 0 Å². The number of benzene rings is 1. The number of halogens is 3. The molecule has 0 atom stereocenters. The van der Waals surface area contributed by atoms with Crippen LogP contribution in [0.5, 0.6) is 0 Å². The lowest BCUT2D eigenvalue weighted by molar-refractivity contribution is -0.141. The van der Waals surface area contributed by atoms with Gasteiger partial charge in [-0.2, -0.15) is 13.2 Å². The second kappa shape index (κ2) is 5.59. The lowest BCUT2D eigenvalue weighted by Gasteiger charge is -2.06. The summed E-state index contributed by atoms with van der Waals surface area (Å²) in [7, 11) is -3.51. The summed E-state index contributed by atoms with van der Waals surface area (Å²) in [6, 6.07) is 8.26. The van der Waals surface area contributed by atoms with Gasteiger partial charge in [-0.25, -0.2) is 18.4 Å². The third kappa shape index (κ3) is 2.86. The lowest BCUT2D eigenvalue weighted by Crippen LogP contribution is -2.07. The molecule has 1 aromatic carbocycles. The van der Waals surface area contributed by atoms with Gasteiger partial charge in [-0.05, 0) is 24.3 Å². The summed E-state index contributed by atoms with van der Waals surface area (Å²) >= 11 is 0. The Balaban J connectivity index is 2.18. The van der Waals surface area contributed by atoms with Crippen molar-refractivity contribution >= 4 is 21.0 Å². The summed E-state index contributed by atoms with van der Waals surface area (Å²) in [6.07, 6.45) is -4.57. The first-order valence-electron chi connectivity index (χ1n) is 6.98. The van der Waals surface area contributed by atoms with Crippen LogP contribution in [0.1, 0.15) is 12.6 Å². The van der Waals surface area contributed by atoms with Gasteiger partial charge in [0, 0.05) is 5.56 Å². The van der Waals surface area contributed by atoms with Crippen molar-refractivity contribution in [1.29, 1.82) is 0 Å². The third-order valence-electron chi connectivity index (χ3n) is 3.49. The van der Waals surface area contributed by atoms with Gasteiger partial charge in [0.2, 0.25) is 0 Å². The van der Waals surface area contributed by atoms with Gasteiger partial charge in [0.1, 0.15) is 11.5 Å². The average molecular weight is 355 g/mol. The minimum absolute atomic E-state index is 0.0719. The van der Waals surface area contributed by atoms with Crippen LogP contribution in [-0.2, 0) is 16.0 Å². The van der Waals surface area contributed by atoms with Crippen molar-refractivity contribution in [3.05, 3.63) is 42.1 Å². The normalized spacial score (nSPS) is 12.7. The van der Waals surface area contributed by atoms with Gasteiger partial charge in [0.15, 0.2) is 15.5 Å². The van der Waals surface area contributed by atoms with Crippen molar-refractivity contribution < 1.29 is 21.6 Å². The summed E-state index contributed by atoms with van der Waals surface area (Å²) in [4.78, 5) is 10.4. The van der Waals surface area contributed by atoms with Gasteiger partial charge in [0.05, 0.1) is 16.2 Å². The van der Waals surface area contributed by atoms with E-state index < -0.39 is 21.7 Å². The molecule has 0 radical (unpaired) electrons. The molecule has 0 aliphatic carbocycles. The number of H-pyrrole nitrogens is 1. The zero-order valence-electron chi connectivity index (χ0n) is 12.4. The van der Waals surface area contributed by atoms with Crippen molar-refractivity contribution in [2.24, 2.45) is 0 Å². The highest BCUT2D eigenvalue weighted by Gasteiger charge is 2.33. The van der Waals surface area contributed by atoms with Crippen LogP contribution in [0.15, 0.2) is 41.3 Å². The molecule has 24 heavy (non-hydrogen) atoms. The van der Waals surface area contributed by atoms with Crippen LogP contribution >= 0.6 is 0 Å². The Morgan fingerprint density at radius 3 is 2.46 bits per heavy atom. The Hall–Kier alpha value is -2.42. The quantitative estimate of drug-likeness (QED) is 0.781. The van der Waals surface area contributed by atoms with Crippen LogP contribution < -0.4 is 0 Å². The molecular weight excluding hydrogens is 343 g/mol. The van der Waals surface area contributed by atoms with Crippen molar-refractivity contribution in [3.8, 4) is 11.4 Å². The van der Waals surface area contributed by atoms with E-state index in [0.29, 0.717) is 11.1 Å². The number of aromatic nitrogens is 3. The van der Waals surface area contributed by atoms with E-state index in [-0.39, 0.29) is 22.1 Å². The van der Waals surface area contributed by atoms with Crippen LogP contribution in [0, 0.1) is 0 Å². The summed E-state index contributed by atoms with van der Waals surface area (Å²) in [5.41, 5.74) is -0.585. The number of imidazole rings is 1. The van der Waals surface area contributed by atoms with E-state index in [1.54, 1.807) is 18.2 Å². The summed E-state index contributed by atoms with van der Waals surface area (Å²) in [5.74, 6) is 0.0604. The minimum atomic E-state index is -4.57. The second-order valence-electron chi connectivity index (χ2n) is 5.05. The van der Waals surface area contributed by atoms with Gasteiger partial charge in [-0.3, -0.25) is 0 Å². The van der Waals surface area contributed by atoms with Crippen LogP contribution in [0.3, 0.4) is 0 Å². The number of sulfone groups is 1. The predicted octanol–water partition coefficient (Wildman–Crippen LogP) is 3.44. The summed E-state index contributed by atoms with van der Waals surface area (Å²) in [6.45, 7) is 1.52. The molecule has 0 saturated heterocycles. The number of alkyl halides is 3. The number of hydrogen-bond acceptors (Lipinski definition) is 4. The molecule has 0 aliphatic rings. The number of rotatable bonds is 3. The largest absolute Gasteiger partial charge is 0.433 e. The molecule has 5 nitrogen and oxygen atoms in total. The number of hydrogen-bond donors (Lipinski definition) is 1. The van der Waals surface area contributed by atoms with Crippen LogP contribution in [0.25, 0.3) is 22.6 Å². The van der Waals surface area contributed by atoms with Gasteiger partial charge in [-0.15, -0.1) is 0 Å². The van der Waals surface area contributed by atoms with Crippen LogP contribution in [-0.4, -0.2) is 29.1 Å². The Morgan fingerprint density at radius 2 is 1.79 bits per heavy atom. The standard InChI is InChI=1S/C15H12F3N3O2S/c1-2-24(22,23)11-6-4-3-5-9(11)13-19-10-7-8-12(15(16,17)18)20-14(10)21-13/h3-8H,2H2,1H3,(H,19,20,21). The molecule has 3 aromatic rings. The number of fused-ring (bicyclic) bond motifs is 1. The molecule has 9 heteroatoms. The first-order chi connectivity index (χ1) is 11.2. The Kier molecular flexibility index (Phi) is 3.83. The zero-order chi connectivity index (χ0) is 17.5. The van der Waals surface area contributed by atoms with E-state index >= 15 is 0 Å². The highest BCUT2D eigenvalue weighted by atomic mass is 32.2. The summed E-state index contributed by atoms with van der Waals surface area (Å²) in [5, 5.41) is 0. The molecule has 2 aromatic heterocycles. The molecule has 0 amide bonds. The van der Waals surface area contributed by atoms with Crippen molar-refractivity contribution in [2.75, 3.05) is 5.75 Å². The van der Waals surface area contributed by atoms with E-state index in [1.165, 1.54) is 19.1 Å². The molecule has 0 unspecified atom stereocenters. The molecule has 0 aliphatic heterocycles. The Bertz CT molecular complexity index is 1010. The number of aromatic amines is 1. The molecular formula is C15H12F3N3O2S. The number of nitrogens with one attached hydrogen (secondary N) is 1. The maximum atomic E-state index is 12.7. The molecule has 126 valence electrons. The van der Waals surface area contributed by atoms with Crippen molar-refractivity contribution in [3.63, 3.8) is 0 Å². The van der Waals surface area contributed by atoms with Crippen molar-refractivity contribution in [2.45, 2.75) is 18.0 Å². The number of nitrogens with zero attached hydrogens (tertiary/aromatic N) is 2. The topological polar surface area (TPSA) is 75.7 Å². The van der Waals surface area contributed by atoms with E-state index in [4.69, 9.17) is 0 Å². The molecule has 0 fully saturated rings. The molecule has 3 rings (SSSR count). The van der Waals surface area contributed by atoms with Crippen LogP contribution in [0.4, 0.5) is 13.2 Å². The SMILES string of the molecule is CCS(=O)(=O)c1ccccc1-c1nc2nc(C(F)(F)F)ccc2[nH]1. The first kappa shape index (κ1) is 16.4. The van der Waals surface area contributed by atoms with E-state index in [9.17, 15) is 21.6 Å². The number of pyridine rings is 1. The van der Waals surface area contributed by atoms with Crippen LogP contribution in [0.2, 0.25) is 0 Å². The molecule has 0 bridgehead atoms. The molecule has 0 saturated carbocycles. The van der Waals surface area contributed by atoms with Gasteiger partial charge in [-0.1, -0.05) is 19.1 Å². The van der Waals surface area contributed by atoms with E-state index in [2.05, 4.69) is 15.0 Å². The molecule has 1 N–H and O–H groups in total. The smallest absolute Gasteiger partial charge is 0.337 e. The Morgan fingerprint density at radius 1 is 1.08 bits per heavy atom. The van der Waals surface area contributed by atoms with Gasteiger partial charge >= 0.3 is 6.18 Å². The molecule has 0 spiro atoms. The third-order valence-corrected chi connectivity index (χ3v) is 5.28. The van der Waals surface area contributed by atoms with E-state index in [0.717, 1.165) is 6.07 Å². The predicted molar refractivity (Wildman–Crippen MR) is 82.1 cm³/mol. The Labute approximate surface area is 135 Å². The van der Waals surface area contributed by atoms with Crippen molar-refractivity contribution in [1.82, 2.24) is 15.0 Å². The molecule has 2 heterocycles. The fourth-order valence-electron chi connectivity index (χ4n) is 2.27. The fourth-order valence-corrected chi connectivity index (χ4v) is 3.36. The zero-order valence-corrected chi connectivity index (χ0v) is 13.2. The highest BCUT2D eigenvalue weighted by molar-refractivity contribution is 7.91. The first-order valence-corrected chi connectivity index (χ1v) is 8.63. The fraction of sp³-hybridized carbons (Fsp3) is 0.200. The highest BCUT2D eigenvalue weighted by Crippen LogP contribution is 2.31. The second-order valence-corrected chi connectivity index (χ2v) is 7.30. The van der Waals surface area contributed by atoms with Gasteiger partial charge < -0.3 is 4.98 Å². The lowest BCUT2D eigenvalue weighted by atomic mass is 10.2. The van der Waals surface area contributed by atoms with E-state index in [1.807, 2.05) is 0 Å². The average Bonchev–Trinajstić information content (AvgIpc) is 2.97.